The van der Waals surface area contributed by atoms with Gasteiger partial charge in [-0.15, -0.1) is 11.3 Å². The van der Waals surface area contributed by atoms with E-state index in [0.717, 1.165) is 26.3 Å². The normalized spacial score (nSPS) is 12.2. The fourth-order valence-electron chi connectivity index (χ4n) is 3.00. The van der Waals surface area contributed by atoms with E-state index in [4.69, 9.17) is 5.41 Å². The van der Waals surface area contributed by atoms with Crippen molar-refractivity contribution in [1.29, 1.82) is 5.41 Å². The quantitative estimate of drug-likeness (QED) is 0.426. The van der Waals surface area contributed by atoms with E-state index in [1.54, 1.807) is 24.0 Å². The summed E-state index contributed by atoms with van der Waals surface area (Å²) in [5.74, 6) is -0.742. The van der Waals surface area contributed by atoms with Crippen LogP contribution < -0.4 is 10.9 Å². The Morgan fingerprint density at radius 3 is 3.04 bits per heavy atom. The lowest BCUT2D eigenvalue weighted by atomic mass is 10.3. The number of aromatic nitrogens is 6. The monoisotopic (exact) mass is 400 g/mol. The van der Waals surface area contributed by atoms with E-state index in [1.807, 2.05) is 6.07 Å². The number of nitrogens with one attached hydrogen (secondary N) is 3. The predicted octanol–water partition coefficient (Wildman–Crippen LogP) is 1.71. The lowest BCUT2D eigenvalue weighted by molar-refractivity contribution is 0.631. The number of fused-ring (bicyclic) bond motifs is 3. The lowest BCUT2D eigenvalue weighted by Crippen LogP contribution is -2.27. The van der Waals surface area contributed by atoms with Crippen LogP contribution in [0.1, 0.15) is 10.7 Å². The van der Waals surface area contributed by atoms with E-state index in [-0.39, 0.29) is 17.8 Å². The zero-order valence-electron chi connectivity index (χ0n) is 15.2. The fourth-order valence-corrected chi connectivity index (χ4v) is 4.13. The Balaban J connectivity index is 1.75. The van der Waals surface area contributed by atoms with Crippen LogP contribution in [0.15, 0.2) is 35.3 Å². The number of aryl methyl sites for hydroxylation is 1. The number of H-pyrrole nitrogens is 1. The van der Waals surface area contributed by atoms with Gasteiger partial charge in [0.2, 0.25) is 0 Å². The van der Waals surface area contributed by atoms with Crippen molar-refractivity contribution in [1.82, 2.24) is 34.8 Å². The minimum atomic E-state index is -0.742. The van der Waals surface area contributed by atoms with Gasteiger partial charge in [-0.05, 0) is 6.07 Å². The molecule has 0 aliphatic rings. The third-order valence-electron chi connectivity index (χ3n) is 4.33. The summed E-state index contributed by atoms with van der Waals surface area (Å²) in [5.41, 5.74) is 1.29. The summed E-state index contributed by atoms with van der Waals surface area (Å²) < 4.78 is 17.4. The highest BCUT2D eigenvalue weighted by molar-refractivity contribution is 7.19. The van der Waals surface area contributed by atoms with Crippen LogP contribution in [0.4, 0.5) is 4.39 Å². The van der Waals surface area contributed by atoms with Gasteiger partial charge >= 0.3 is 0 Å². The van der Waals surface area contributed by atoms with Crippen molar-refractivity contribution in [3.05, 3.63) is 51.5 Å². The van der Waals surface area contributed by atoms with Crippen molar-refractivity contribution in [2.75, 3.05) is 7.05 Å². The Morgan fingerprint density at radius 2 is 2.32 bits per heavy atom. The zero-order valence-corrected chi connectivity index (χ0v) is 16.0. The van der Waals surface area contributed by atoms with Crippen LogP contribution >= 0.6 is 11.3 Å². The molecule has 0 spiro atoms. The first-order valence-corrected chi connectivity index (χ1v) is 9.24. The van der Waals surface area contributed by atoms with Crippen LogP contribution in [0, 0.1) is 5.41 Å². The number of hydrogen-bond donors (Lipinski definition) is 3. The van der Waals surface area contributed by atoms with Gasteiger partial charge in [0.05, 0.1) is 28.8 Å². The second kappa shape index (κ2) is 7.00. The molecule has 0 aliphatic carbocycles. The van der Waals surface area contributed by atoms with Gasteiger partial charge in [0, 0.05) is 38.3 Å². The van der Waals surface area contributed by atoms with Crippen molar-refractivity contribution in [3.63, 3.8) is 0 Å². The summed E-state index contributed by atoms with van der Waals surface area (Å²) >= 11 is 1.49. The maximum absolute atomic E-state index is 13.7. The second-order valence-corrected chi connectivity index (χ2v) is 7.27. The number of halogens is 1. The van der Waals surface area contributed by atoms with Crippen LogP contribution in [0.2, 0.25) is 0 Å². The lowest BCUT2D eigenvalue weighted by Gasteiger charge is -2.06. The molecule has 3 N–H and O–H groups in total. The smallest absolute Gasteiger partial charge is 0.291 e. The number of aromatic amines is 1. The Hall–Kier alpha value is -3.34. The number of allylic oxidation sites excluding steroid dienone is 1. The topological polar surface area (TPSA) is 117 Å². The molecule has 0 fully saturated rings. The van der Waals surface area contributed by atoms with Gasteiger partial charge in [0.15, 0.2) is 11.5 Å². The molecule has 4 aromatic heterocycles. The fraction of sp³-hybridized carbons (Fsp3) is 0.235. The minimum absolute atomic E-state index is 0.255. The molecule has 4 heterocycles. The number of hydrogen-bond acceptors (Lipinski definition) is 7. The Labute approximate surface area is 162 Å². The second-order valence-electron chi connectivity index (χ2n) is 6.19. The van der Waals surface area contributed by atoms with E-state index in [9.17, 15) is 9.18 Å². The first kappa shape index (κ1) is 18.0. The number of rotatable bonds is 6. The molecule has 4 rings (SSSR count). The van der Waals surface area contributed by atoms with Crippen LogP contribution in [0.3, 0.4) is 0 Å². The standard InChI is InChI=1S/C17H17FN8OS/c1-20-7-11(18)12(19)8-26-17(27)14-10(6-22-26)15-16(25(14)2)23-13(28-15)5-9-3-4-21-24-9/h3-4,6-7,19-20H,5,8H2,1-2H3,(H,21,24)/b11-7+,19-12?. The van der Waals surface area contributed by atoms with Gasteiger partial charge < -0.3 is 15.3 Å². The van der Waals surface area contributed by atoms with Gasteiger partial charge in [0.1, 0.15) is 10.5 Å². The molecule has 0 amide bonds. The molecular weight excluding hydrogens is 383 g/mol. The van der Waals surface area contributed by atoms with Crippen molar-refractivity contribution in [2.24, 2.45) is 7.05 Å². The first-order chi connectivity index (χ1) is 13.5. The van der Waals surface area contributed by atoms with Gasteiger partial charge in [-0.1, -0.05) is 0 Å². The summed E-state index contributed by atoms with van der Waals surface area (Å²) in [4.78, 5) is 17.5. The molecule has 0 aromatic carbocycles. The Bertz CT molecular complexity index is 1260. The average Bonchev–Trinajstić information content (AvgIpc) is 3.37. The molecule has 0 atom stereocenters. The summed E-state index contributed by atoms with van der Waals surface area (Å²) in [6.07, 6.45) is 5.00. The molecule has 11 heteroatoms. The van der Waals surface area contributed by atoms with Gasteiger partial charge in [-0.3, -0.25) is 9.89 Å². The highest BCUT2D eigenvalue weighted by Gasteiger charge is 2.19. The van der Waals surface area contributed by atoms with Crippen molar-refractivity contribution in [2.45, 2.75) is 13.0 Å². The van der Waals surface area contributed by atoms with E-state index in [1.165, 1.54) is 18.4 Å². The molecule has 9 nitrogen and oxygen atoms in total. The molecule has 144 valence electrons. The SMILES string of the molecule is CN/C=C(/F)C(=N)Cn1ncc2c3sc(Cc4cc[nH]n4)nc3n(C)c2c1=O. The van der Waals surface area contributed by atoms with E-state index < -0.39 is 5.83 Å². The minimum Gasteiger partial charge on any atom is -0.392 e. The van der Waals surface area contributed by atoms with Crippen LogP contribution in [-0.2, 0) is 20.0 Å². The maximum Gasteiger partial charge on any atom is 0.291 e. The predicted molar refractivity (Wildman–Crippen MR) is 106 cm³/mol. The molecule has 0 saturated heterocycles. The largest absolute Gasteiger partial charge is 0.392 e. The Morgan fingerprint density at radius 1 is 1.50 bits per heavy atom. The highest BCUT2D eigenvalue weighted by Crippen LogP contribution is 2.31. The van der Waals surface area contributed by atoms with Crippen LogP contribution in [0.25, 0.3) is 21.3 Å². The van der Waals surface area contributed by atoms with E-state index in [2.05, 4.69) is 25.6 Å². The molecule has 0 bridgehead atoms. The van der Waals surface area contributed by atoms with Crippen molar-refractivity contribution in [3.8, 4) is 0 Å². The van der Waals surface area contributed by atoms with Crippen molar-refractivity contribution >= 4 is 38.3 Å². The van der Waals surface area contributed by atoms with Gasteiger partial charge in [0.25, 0.3) is 5.56 Å². The maximum atomic E-state index is 13.7. The van der Waals surface area contributed by atoms with Crippen LogP contribution in [0.5, 0.6) is 0 Å². The van der Waals surface area contributed by atoms with Gasteiger partial charge in [-0.2, -0.15) is 10.2 Å². The summed E-state index contributed by atoms with van der Waals surface area (Å²) in [6, 6.07) is 1.89. The third kappa shape index (κ3) is 2.99. The molecule has 0 aliphatic heterocycles. The summed E-state index contributed by atoms with van der Waals surface area (Å²) in [7, 11) is 3.30. The summed E-state index contributed by atoms with van der Waals surface area (Å²) in [6.45, 7) is -0.255. The molecule has 0 unspecified atom stereocenters. The third-order valence-corrected chi connectivity index (χ3v) is 5.41. The highest BCUT2D eigenvalue weighted by atomic mass is 32.1. The summed E-state index contributed by atoms with van der Waals surface area (Å²) in [5, 5.41) is 22.9. The van der Waals surface area contributed by atoms with E-state index >= 15 is 0 Å². The molecule has 4 aromatic rings. The molecular formula is C17H17FN8OS. The molecule has 28 heavy (non-hydrogen) atoms. The van der Waals surface area contributed by atoms with E-state index in [0.29, 0.717) is 23.0 Å². The zero-order chi connectivity index (χ0) is 19.8. The van der Waals surface area contributed by atoms with Gasteiger partial charge in [-0.25, -0.2) is 14.1 Å². The van der Waals surface area contributed by atoms with Crippen molar-refractivity contribution < 1.29 is 4.39 Å². The molecule has 0 saturated carbocycles. The Kier molecular flexibility index (Phi) is 4.51. The number of thiazole rings is 1. The van der Waals surface area contributed by atoms with Crippen LogP contribution in [-0.4, -0.2) is 42.3 Å². The molecule has 0 radical (unpaired) electrons. The first-order valence-electron chi connectivity index (χ1n) is 8.43. The number of nitrogens with zero attached hydrogens (tertiary/aromatic N) is 5. The average molecular weight is 400 g/mol.